The highest BCUT2D eigenvalue weighted by atomic mass is 16.2. The van der Waals surface area contributed by atoms with Crippen LogP contribution in [-0.4, -0.2) is 62.9 Å². The molecule has 0 radical (unpaired) electrons. The molecule has 0 aromatic heterocycles. The smallest absolute Gasteiger partial charge is 0.230 e. The van der Waals surface area contributed by atoms with Crippen LogP contribution in [0, 0.1) is 5.41 Å². The highest BCUT2D eigenvalue weighted by Gasteiger charge is 2.42. The van der Waals surface area contributed by atoms with E-state index >= 15 is 0 Å². The highest BCUT2D eigenvalue weighted by Crippen LogP contribution is 2.39. The first-order valence-electron chi connectivity index (χ1n) is 11.6. The number of hydrogen-bond acceptors (Lipinski definition) is 3. The van der Waals surface area contributed by atoms with E-state index in [2.05, 4.69) is 16.7 Å². The molecule has 2 aliphatic rings. The SMILES string of the molecule is CCNC(=NCC1(C(=O)N(C)C)CCCC1)NCCCC(=O)N1CCc2ccccc21. The Labute approximate surface area is 186 Å². The molecule has 2 amide bonds. The van der Waals surface area contributed by atoms with Crippen LogP contribution in [0.1, 0.15) is 51.0 Å². The number of amides is 2. The van der Waals surface area contributed by atoms with Gasteiger partial charge < -0.3 is 20.4 Å². The topological polar surface area (TPSA) is 77.0 Å². The van der Waals surface area contributed by atoms with E-state index in [0.29, 0.717) is 19.5 Å². The van der Waals surface area contributed by atoms with Gasteiger partial charge >= 0.3 is 0 Å². The third-order valence-corrected chi connectivity index (χ3v) is 6.35. The lowest BCUT2D eigenvalue weighted by molar-refractivity contribution is -0.138. The van der Waals surface area contributed by atoms with Crippen molar-refractivity contribution >= 4 is 23.5 Å². The number of nitrogens with zero attached hydrogens (tertiary/aromatic N) is 3. The Morgan fingerprint density at radius 1 is 1.16 bits per heavy atom. The summed E-state index contributed by atoms with van der Waals surface area (Å²) in [6, 6.07) is 8.15. The summed E-state index contributed by atoms with van der Waals surface area (Å²) in [5.41, 5.74) is 1.94. The first-order valence-corrected chi connectivity index (χ1v) is 11.6. The minimum absolute atomic E-state index is 0.176. The van der Waals surface area contributed by atoms with Gasteiger partial charge in [0.15, 0.2) is 5.96 Å². The van der Waals surface area contributed by atoms with Gasteiger partial charge in [0.1, 0.15) is 0 Å². The molecule has 1 aromatic rings. The Morgan fingerprint density at radius 2 is 1.90 bits per heavy atom. The number of anilines is 1. The molecule has 2 N–H and O–H groups in total. The van der Waals surface area contributed by atoms with Gasteiger partial charge in [-0.25, -0.2) is 0 Å². The van der Waals surface area contributed by atoms with Gasteiger partial charge in [-0.3, -0.25) is 14.6 Å². The monoisotopic (exact) mass is 427 g/mol. The van der Waals surface area contributed by atoms with E-state index in [9.17, 15) is 9.59 Å². The summed E-state index contributed by atoms with van der Waals surface area (Å²) >= 11 is 0. The molecule has 7 heteroatoms. The fraction of sp³-hybridized carbons (Fsp3) is 0.625. The summed E-state index contributed by atoms with van der Waals surface area (Å²) in [6.07, 6.45) is 6.15. The van der Waals surface area contributed by atoms with Crippen molar-refractivity contribution < 1.29 is 9.59 Å². The molecule has 31 heavy (non-hydrogen) atoms. The molecule has 0 spiro atoms. The molecule has 1 aliphatic heterocycles. The summed E-state index contributed by atoms with van der Waals surface area (Å²) in [6.45, 7) is 4.73. The van der Waals surface area contributed by atoms with Gasteiger partial charge in [0.25, 0.3) is 0 Å². The normalized spacial score (nSPS) is 17.4. The number of guanidine groups is 1. The second kappa shape index (κ2) is 10.6. The van der Waals surface area contributed by atoms with Gasteiger partial charge in [-0.2, -0.15) is 0 Å². The van der Waals surface area contributed by atoms with Crippen LogP contribution in [0.5, 0.6) is 0 Å². The lowest BCUT2D eigenvalue weighted by Crippen LogP contribution is -2.43. The van der Waals surface area contributed by atoms with Crippen molar-refractivity contribution in [1.29, 1.82) is 0 Å². The van der Waals surface area contributed by atoms with Crippen LogP contribution >= 0.6 is 0 Å². The van der Waals surface area contributed by atoms with Crippen molar-refractivity contribution in [3.63, 3.8) is 0 Å². The zero-order chi connectivity index (χ0) is 22.3. The Balaban J connectivity index is 1.50. The number of nitrogens with one attached hydrogen (secondary N) is 2. The first-order chi connectivity index (χ1) is 15.0. The van der Waals surface area contributed by atoms with Gasteiger partial charge in [0.05, 0.1) is 12.0 Å². The molecule has 0 atom stereocenters. The Kier molecular flexibility index (Phi) is 7.93. The minimum Gasteiger partial charge on any atom is -0.357 e. The van der Waals surface area contributed by atoms with Crippen LogP contribution in [0.4, 0.5) is 5.69 Å². The van der Waals surface area contributed by atoms with Crippen molar-refractivity contribution in [2.75, 3.05) is 45.2 Å². The van der Waals surface area contributed by atoms with Crippen LogP contribution in [-0.2, 0) is 16.0 Å². The molecule has 1 fully saturated rings. The molecule has 1 aromatic carbocycles. The van der Waals surface area contributed by atoms with Gasteiger partial charge in [-0.05, 0) is 44.2 Å². The van der Waals surface area contributed by atoms with E-state index < -0.39 is 0 Å². The fourth-order valence-electron chi connectivity index (χ4n) is 4.72. The number of carbonyl (C=O) groups excluding carboxylic acids is 2. The minimum atomic E-state index is -0.370. The van der Waals surface area contributed by atoms with Crippen LogP contribution in [0.2, 0.25) is 0 Å². The Morgan fingerprint density at radius 3 is 2.61 bits per heavy atom. The molecule has 0 saturated heterocycles. The molecular weight excluding hydrogens is 390 g/mol. The zero-order valence-electron chi connectivity index (χ0n) is 19.2. The maximum atomic E-state index is 12.8. The summed E-state index contributed by atoms with van der Waals surface area (Å²) in [5.74, 6) is 1.08. The van der Waals surface area contributed by atoms with Crippen LogP contribution in [0.25, 0.3) is 0 Å². The number of fused-ring (bicyclic) bond motifs is 1. The van der Waals surface area contributed by atoms with E-state index in [-0.39, 0.29) is 17.2 Å². The third-order valence-electron chi connectivity index (χ3n) is 6.35. The highest BCUT2D eigenvalue weighted by molar-refractivity contribution is 5.95. The molecule has 1 aliphatic carbocycles. The molecule has 7 nitrogen and oxygen atoms in total. The van der Waals surface area contributed by atoms with Gasteiger partial charge in [-0.15, -0.1) is 0 Å². The molecule has 0 bridgehead atoms. The van der Waals surface area contributed by atoms with E-state index in [1.807, 2.05) is 44.1 Å². The molecule has 1 heterocycles. The van der Waals surface area contributed by atoms with Crippen molar-refractivity contribution in [2.24, 2.45) is 10.4 Å². The maximum absolute atomic E-state index is 12.8. The lowest BCUT2D eigenvalue weighted by atomic mass is 9.85. The fourth-order valence-corrected chi connectivity index (χ4v) is 4.72. The van der Waals surface area contributed by atoms with Crippen molar-refractivity contribution in [1.82, 2.24) is 15.5 Å². The molecular formula is C24H37N5O2. The Hall–Kier alpha value is -2.57. The van der Waals surface area contributed by atoms with E-state index in [4.69, 9.17) is 4.99 Å². The predicted octanol–water partition coefficient (Wildman–Crippen LogP) is 2.56. The summed E-state index contributed by atoms with van der Waals surface area (Å²) in [7, 11) is 3.65. The zero-order valence-corrected chi connectivity index (χ0v) is 19.2. The van der Waals surface area contributed by atoms with Gasteiger partial charge in [0, 0.05) is 45.8 Å². The quantitative estimate of drug-likeness (QED) is 0.380. The van der Waals surface area contributed by atoms with Crippen LogP contribution in [0.3, 0.4) is 0 Å². The first kappa shape index (κ1) is 23.1. The molecule has 3 rings (SSSR count). The number of carbonyl (C=O) groups is 2. The van der Waals surface area contributed by atoms with E-state index in [1.54, 1.807) is 4.90 Å². The second-order valence-electron chi connectivity index (χ2n) is 8.84. The van der Waals surface area contributed by atoms with Crippen molar-refractivity contribution in [3.05, 3.63) is 29.8 Å². The van der Waals surface area contributed by atoms with Gasteiger partial charge in [-0.1, -0.05) is 31.0 Å². The van der Waals surface area contributed by atoms with Crippen molar-refractivity contribution in [2.45, 2.75) is 51.9 Å². The summed E-state index contributed by atoms with van der Waals surface area (Å²) < 4.78 is 0. The molecule has 170 valence electrons. The second-order valence-corrected chi connectivity index (χ2v) is 8.84. The van der Waals surface area contributed by atoms with Crippen molar-refractivity contribution in [3.8, 4) is 0 Å². The standard InChI is InChI=1S/C24H37N5O2/c1-4-25-23(27-18-24(14-7-8-15-24)22(31)28(2)3)26-16-9-12-21(30)29-17-13-19-10-5-6-11-20(19)29/h5-6,10-11H,4,7-9,12-18H2,1-3H3,(H2,25,26,27). The average Bonchev–Trinajstić information content (AvgIpc) is 3.42. The maximum Gasteiger partial charge on any atom is 0.230 e. The third kappa shape index (κ3) is 5.57. The summed E-state index contributed by atoms with van der Waals surface area (Å²) in [4.78, 5) is 33.8. The van der Waals surface area contributed by atoms with Crippen LogP contribution in [0.15, 0.2) is 29.3 Å². The number of rotatable bonds is 8. The number of hydrogen-bond donors (Lipinski definition) is 2. The largest absolute Gasteiger partial charge is 0.357 e. The van der Waals surface area contributed by atoms with Crippen LogP contribution < -0.4 is 15.5 Å². The number of aliphatic imine (C=N–C) groups is 1. The lowest BCUT2D eigenvalue weighted by Gasteiger charge is -2.29. The van der Waals surface area contributed by atoms with E-state index in [0.717, 1.165) is 63.3 Å². The van der Waals surface area contributed by atoms with Gasteiger partial charge in [0.2, 0.25) is 11.8 Å². The summed E-state index contributed by atoms with van der Waals surface area (Å²) in [5, 5.41) is 6.61. The Bertz CT molecular complexity index is 799. The number of para-hydroxylation sites is 1. The number of benzene rings is 1. The van der Waals surface area contributed by atoms with E-state index in [1.165, 1.54) is 5.56 Å². The average molecular weight is 428 g/mol. The molecule has 1 saturated carbocycles. The molecule has 0 unspecified atom stereocenters. The predicted molar refractivity (Wildman–Crippen MR) is 125 cm³/mol.